The Kier molecular flexibility index (Phi) is 9.24. The van der Waals surface area contributed by atoms with E-state index in [1.807, 2.05) is 0 Å². The average Bonchev–Trinajstić information content (AvgIpc) is 2.67. The van der Waals surface area contributed by atoms with Crippen molar-refractivity contribution >= 4 is 20.8 Å². The third kappa shape index (κ3) is 6.99. The molecule has 0 aliphatic heterocycles. The molecular weight excluding hydrogens is 444 g/mol. The van der Waals surface area contributed by atoms with Crippen LogP contribution >= 0.6 is 0 Å². The molecule has 2 aliphatic rings. The van der Waals surface area contributed by atoms with Crippen LogP contribution in [0.1, 0.15) is 65.2 Å². The second-order valence-electron chi connectivity index (χ2n) is 7.21. The van der Waals surface area contributed by atoms with E-state index in [-0.39, 0.29) is 48.6 Å². The first-order valence-electron chi connectivity index (χ1n) is 10.2. The van der Waals surface area contributed by atoms with Gasteiger partial charge in [-0.3, -0.25) is 0 Å². The summed E-state index contributed by atoms with van der Waals surface area (Å²) in [7, 11) is -8.59. The zero-order valence-corrected chi connectivity index (χ0v) is 18.8. The van der Waals surface area contributed by atoms with Crippen LogP contribution in [0.15, 0.2) is 0 Å². The fourth-order valence-electron chi connectivity index (χ4n) is 3.82. The zero-order valence-electron chi connectivity index (χ0n) is 17.2. The van der Waals surface area contributed by atoms with Crippen molar-refractivity contribution in [2.75, 3.05) is 13.2 Å². The van der Waals surface area contributed by atoms with Crippen LogP contribution in [0.2, 0.25) is 0 Å². The Morgan fingerprint density at radius 2 is 1.03 bits per heavy atom. The van der Waals surface area contributed by atoms with Gasteiger partial charge in [-0.25, -0.2) is 16.7 Å². The molecule has 0 amide bonds. The number of hydrogen-bond acceptors (Lipinski definition) is 10. The molecule has 0 aromatic rings. The molecule has 14 heteroatoms. The maximum atomic E-state index is 12.9. The smallest absolute Gasteiger partial charge is 0.400 e. The van der Waals surface area contributed by atoms with Crippen LogP contribution in [-0.4, -0.2) is 64.1 Å². The molecule has 176 valence electrons. The van der Waals surface area contributed by atoms with Gasteiger partial charge in [0.25, 0.3) is 12.1 Å². The third-order valence-corrected chi connectivity index (χ3v) is 7.12. The Labute approximate surface area is 177 Å². The molecule has 0 N–H and O–H groups in total. The highest BCUT2D eigenvalue weighted by Crippen LogP contribution is 2.29. The fourth-order valence-corrected chi connectivity index (χ4v) is 5.57. The van der Waals surface area contributed by atoms with E-state index < -0.39 is 45.1 Å². The van der Waals surface area contributed by atoms with Crippen molar-refractivity contribution in [1.29, 1.82) is 0 Å². The Morgan fingerprint density at radius 1 is 0.700 bits per heavy atom. The van der Waals surface area contributed by atoms with Crippen molar-refractivity contribution in [2.24, 2.45) is 0 Å². The molecule has 0 aromatic heterocycles. The van der Waals surface area contributed by atoms with Gasteiger partial charge in [0, 0.05) is 22.6 Å². The lowest BCUT2D eigenvalue weighted by atomic mass is 9.92. The molecule has 2 aliphatic carbocycles. The Hall–Kier alpha value is -1.06. The lowest BCUT2D eigenvalue weighted by Crippen LogP contribution is -2.48. The summed E-state index contributed by atoms with van der Waals surface area (Å²) in [6, 6.07) is -2.09. The summed E-state index contributed by atoms with van der Waals surface area (Å²) in [5.74, 6) is 0. The minimum atomic E-state index is -4.30. The summed E-state index contributed by atoms with van der Waals surface area (Å²) in [6.07, 6.45) is 1.48. The number of hydroxylamine groups is 2. The molecule has 2 saturated carbocycles. The lowest BCUT2D eigenvalue weighted by molar-refractivity contribution is -1.00. The van der Waals surface area contributed by atoms with Gasteiger partial charge < -0.3 is 10.4 Å². The van der Waals surface area contributed by atoms with Crippen LogP contribution in [0.3, 0.4) is 0 Å². The number of hydrogen-bond donors (Lipinski definition) is 0. The van der Waals surface area contributed by atoms with E-state index in [0.29, 0.717) is 25.7 Å². The van der Waals surface area contributed by atoms with Crippen molar-refractivity contribution in [1.82, 2.24) is 0 Å². The number of azo groups is 1. The summed E-state index contributed by atoms with van der Waals surface area (Å²) in [6.45, 7) is 2.73. The van der Waals surface area contributed by atoms with E-state index in [2.05, 4.69) is 8.37 Å². The van der Waals surface area contributed by atoms with Crippen molar-refractivity contribution in [2.45, 2.75) is 89.5 Å². The van der Waals surface area contributed by atoms with Crippen molar-refractivity contribution in [3.63, 3.8) is 0 Å². The van der Waals surface area contributed by atoms with Gasteiger partial charge in [-0.05, 0) is 39.5 Å². The van der Waals surface area contributed by atoms with Gasteiger partial charge in [0.05, 0.1) is 13.2 Å². The largest absolute Gasteiger partial charge is 0.567 e. The van der Waals surface area contributed by atoms with Gasteiger partial charge in [-0.15, -0.1) is 0 Å². The maximum absolute atomic E-state index is 12.9. The highest BCUT2D eigenvalue weighted by Gasteiger charge is 2.45. The van der Waals surface area contributed by atoms with E-state index in [0.717, 1.165) is 0 Å². The highest BCUT2D eigenvalue weighted by atomic mass is 32.3. The van der Waals surface area contributed by atoms with Gasteiger partial charge in [0.1, 0.15) is 12.2 Å². The van der Waals surface area contributed by atoms with Crippen LogP contribution < -0.4 is 0 Å². The first-order chi connectivity index (χ1) is 14.1. The molecule has 2 fully saturated rings. The molecular formula is C16H30N2O10S2. The van der Waals surface area contributed by atoms with Crippen LogP contribution in [0.25, 0.3) is 0 Å². The fraction of sp³-hybridized carbons (Fsp3) is 1.00. The highest BCUT2D eigenvalue weighted by molar-refractivity contribution is 7.82. The minimum absolute atomic E-state index is 0.121. The molecule has 0 spiro atoms. The predicted molar refractivity (Wildman–Crippen MR) is 103 cm³/mol. The first-order valence-corrected chi connectivity index (χ1v) is 12.8. The van der Waals surface area contributed by atoms with E-state index in [1.54, 1.807) is 0 Å². The van der Waals surface area contributed by atoms with Crippen LogP contribution in [-0.2, 0) is 37.5 Å². The van der Waals surface area contributed by atoms with E-state index >= 15 is 0 Å². The minimum Gasteiger partial charge on any atom is -0.567 e. The van der Waals surface area contributed by atoms with Crippen LogP contribution in [0, 0.1) is 10.4 Å². The molecule has 0 heterocycles. The molecule has 0 saturated heterocycles. The second-order valence-corrected chi connectivity index (χ2v) is 9.70. The SMILES string of the molecule is CCOS(=O)(=O)O[C@@H]1CCCC[C@H]1/[N+]([O-])=[N+](\[O-])[C@@H]1CCCC[C@H]1OS(=O)(=O)OCC. The molecule has 4 atom stereocenters. The van der Waals surface area contributed by atoms with Crippen molar-refractivity contribution < 1.29 is 43.3 Å². The van der Waals surface area contributed by atoms with Crippen molar-refractivity contribution in [3.8, 4) is 0 Å². The zero-order chi connectivity index (χ0) is 22.4. The van der Waals surface area contributed by atoms with Gasteiger partial charge in [0.15, 0.2) is 0 Å². The molecule has 2 rings (SSSR count). The third-order valence-electron chi connectivity index (χ3n) is 5.10. The van der Waals surface area contributed by atoms with Gasteiger partial charge in [-0.1, -0.05) is 12.8 Å². The predicted octanol–water partition coefficient (Wildman–Crippen LogP) is 1.68. The van der Waals surface area contributed by atoms with Gasteiger partial charge >= 0.3 is 20.8 Å². The second kappa shape index (κ2) is 11.0. The lowest BCUT2D eigenvalue weighted by Gasteiger charge is -2.29. The summed E-state index contributed by atoms with van der Waals surface area (Å²) in [5.41, 5.74) is 0. The van der Waals surface area contributed by atoms with E-state index in [4.69, 9.17) is 8.37 Å². The number of nitrogens with zero attached hydrogens (tertiary/aromatic N) is 2. The molecule has 30 heavy (non-hydrogen) atoms. The monoisotopic (exact) mass is 474 g/mol. The quantitative estimate of drug-likeness (QED) is 0.259. The first kappa shape index (κ1) is 25.2. The van der Waals surface area contributed by atoms with Gasteiger partial charge in [-0.2, -0.15) is 16.8 Å². The molecule has 0 bridgehead atoms. The van der Waals surface area contributed by atoms with Crippen molar-refractivity contribution in [3.05, 3.63) is 10.4 Å². The average molecular weight is 475 g/mol. The maximum Gasteiger partial charge on any atom is 0.400 e. The molecule has 12 nitrogen and oxygen atoms in total. The Balaban J connectivity index is 2.24. The number of rotatable bonds is 10. The summed E-state index contributed by atoms with van der Waals surface area (Å²) in [4.78, 5) is 0.315. The van der Waals surface area contributed by atoms with Gasteiger partial charge in [0.2, 0.25) is 0 Å². The summed E-state index contributed by atoms with van der Waals surface area (Å²) < 4.78 is 66.6. The molecule has 0 radical (unpaired) electrons. The Morgan fingerprint density at radius 3 is 1.37 bits per heavy atom. The Bertz CT molecular complexity index is 733. The topological polar surface area (TPSA) is 157 Å². The normalized spacial score (nSPS) is 29.4. The standard InChI is InChI=1S/C16H30N2O10S2/c1-3-25-29(21,22)27-15-11-7-5-9-13(15)17(19)18(20)14-10-6-8-12-16(14)28-30(23,24)26-4-2/h13-16H,3-12H2,1-2H3/b18-17+/t13-,14-,15-,16-/m1/s1. The summed E-state index contributed by atoms with van der Waals surface area (Å²) in [5, 5.41) is 25.7. The van der Waals surface area contributed by atoms with E-state index in [9.17, 15) is 27.3 Å². The van der Waals surface area contributed by atoms with E-state index in [1.165, 1.54) is 13.8 Å². The molecule has 0 aromatic carbocycles. The van der Waals surface area contributed by atoms with Crippen LogP contribution in [0.5, 0.6) is 0 Å². The summed E-state index contributed by atoms with van der Waals surface area (Å²) >= 11 is 0. The van der Waals surface area contributed by atoms with Crippen LogP contribution in [0.4, 0.5) is 0 Å². The molecule has 0 unspecified atom stereocenters.